The Morgan fingerprint density at radius 1 is 1.18 bits per heavy atom. The molecule has 3 rings (SSSR count). The summed E-state index contributed by atoms with van der Waals surface area (Å²) in [7, 11) is 0. The van der Waals surface area contributed by atoms with E-state index in [1.165, 1.54) is 0 Å². The second-order valence-corrected chi connectivity index (χ2v) is 8.57. The Hall–Kier alpha value is -2.16. The summed E-state index contributed by atoms with van der Waals surface area (Å²) in [5, 5.41) is 18.6. The monoisotopic (exact) mass is 415 g/mol. The van der Waals surface area contributed by atoms with Crippen molar-refractivity contribution in [2.45, 2.75) is 45.2 Å². The smallest absolute Gasteiger partial charge is 0.420 e. The maximum absolute atomic E-state index is 13.0. The summed E-state index contributed by atoms with van der Waals surface area (Å²) in [6.45, 7) is 2.32. The van der Waals surface area contributed by atoms with Gasteiger partial charge in [-0.05, 0) is 53.8 Å². The number of nitrogens with zero attached hydrogens (tertiary/aromatic N) is 1. The van der Waals surface area contributed by atoms with Crippen LogP contribution >= 0.6 is 11.8 Å². The average Bonchev–Trinajstić information content (AvgIpc) is 2.85. The van der Waals surface area contributed by atoms with Crippen molar-refractivity contribution in [1.82, 2.24) is 4.90 Å². The Balaban J connectivity index is 1.87. The number of aromatic hydroxyl groups is 2. The van der Waals surface area contributed by atoms with Crippen molar-refractivity contribution in [2.75, 3.05) is 6.54 Å². The van der Waals surface area contributed by atoms with Crippen LogP contribution in [0.3, 0.4) is 0 Å². The molecule has 0 radical (unpaired) electrons. The highest BCUT2D eigenvalue weighted by Gasteiger charge is 2.40. The summed E-state index contributed by atoms with van der Waals surface area (Å²) >= 11 is 0.660. The van der Waals surface area contributed by atoms with Gasteiger partial charge in [0.05, 0.1) is 4.91 Å². The first-order chi connectivity index (χ1) is 13.0. The topological polar surface area (TPSA) is 77.8 Å². The Bertz CT molecular complexity index is 844. The van der Waals surface area contributed by atoms with Crippen LogP contribution in [0, 0.1) is 5.41 Å². The summed E-state index contributed by atoms with van der Waals surface area (Å²) in [4.78, 5) is 26.1. The van der Waals surface area contributed by atoms with Crippen LogP contribution < -0.4 is 0 Å². The number of alkyl halides is 3. The highest BCUT2D eigenvalue weighted by Crippen LogP contribution is 2.43. The number of hydrogen-bond donors (Lipinski definition) is 2. The van der Waals surface area contributed by atoms with Gasteiger partial charge in [0.15, 0.2) is 11.5 Å². The number of amides is 2. The molecule has 152 valence electrons. The van der Waals surface area contributed by atoms with Crippen LogP contribution in [0.1, 0.15) is 50.2 Å². The van der Waals surface area contributed by atoms with E-state index in [0.717, 1.165) is 49.1 Å². The quantitative estimate of drug-likeness (QED) is 0.529. The fourth-order valence-corrected chi connectivity index (χ4v) is 4.51. The third-order valence-corrected chi connectivity index (χ3v) is 6.10. The molecule has 1 aliphatic carbocycles. The molecule has 1 aliphatic heterocycles. The highest BCUT2D eigenvalue weighted by atomic mass is 32.2. The van der Waals surface area contributed by atoms with E-state index in [1.54, 1.807) is 0 Å². The molecule has 1 saturated heterocycles. The standard InChI is InChI=1S/C19H20F3NO4S/c1-18(5-3-2-4-6-18)10-23-16(26)14(28-17(23)27)9-11-7-12(19(20,21)22)15(25)13(24)8-11/h7-9,24-25H,2-6,10H2,1H3. The molecule has 28 heavy (non-hydrogen) atoms. The van der Waals surface area contributed by atoms with Crippen LogP contribution in [-0.2, 0) is 11.0 Å². The van der Waals surface area contributed by atoms with Crippen molar-refractivity contribution in [2.24, 2.45) is 5.41 Å². The van der Waals surface area contributed by atoms with Gasteiger partial charge in [0.1, 0.15) is 5.56 Å². The number of phenols is 2. The molecule has 5 nitrogen and oxygen atoms in total. The lowest BCUT2D eigenvalue weighted by Gasteiger charge is -2.35. The lowest BCUT2D eigenvalue weighted by Crippen LogP contribution is -2.39. The van der Waals surface area contributed by atoms with Gasteiger partial charge in [-0.2, -0.15) is 13.2 Å². The first-order valence-corrected chi connectivity index (χ1v) is 9.70. The SMILES string of the molecule is CC1(CN2C(=O)SC(=Cc3cc(O)c(O)c(C(F)(F)F)c3)C2=O)CCCCC1. The van der Waals surface area contributed by atoms with E-state index in [4.69, 9.17) is 0 Å². The second kappa shape index (κ2) is 7.35. The Morgan fingerprint density at radius 2 is 1.82 bits per heavy atom. The predicted octanol–water partition coefficient (Wildman–Crippen LogP) is 5.12. The maximum Gasteiger partial charge on any atom is 0.420 e. The van der Waals surface area contributed by atoms with Crippen LogP contribution in [-0.4, -0.2) is 32.8 Å². The van der Waals surface area contributed by atoms with E-state index in [9.17, 15) is 33.0 Å². The highest BCUT2D eigenvalue weighted by molar-refractivity contribution is 8.18. The minimum atomic E-state index is -4.87. The minimum absolute atomic E-state index is 0.0115. The molecule has 2 amide bonds. The van der Waals surface area contributed by atoms with Crippen molar-refractivity contribution in [3.63, 3.8) is 0 Å². The fraction of sp³-hybridized carbons (Fsp3) is 0.474. The molecule has 9 heteroatoms. The Morgan fingerprint density at radius 3 is 2.43 bits per heavy atom. The third-order valence-electron chi connectivity index (χ3n) is 5.19. The van der Waals surface area contributed by atoms with Crippen molar-refractivity contribution >= 4 is 29.0 Å². The Kier molecular flexibility index (Phi) is 5.40. The van der Waals surface area contributed by atoms with E-state index in [-0.39, 0.29) is 22.4 Å². The maximum atomic E-state index is 13.0. The number of phenolic OH excluding ortho intramolecular Hbond substituents is 2. The number of halogens is 3. The van der Waals surface area contributed by atoms with Crippen molar-refractivity contribution in [3.8, 4) is 11.5 Å². The lowest BCUT2D eigenvalue weighted by atomic mass is 9.75. The van der Waals surface area contributed by atoms with Crippen molar-refractivity contribution < 1.29 is 33.0 Å². The molecular weight excluding hydrogens is 395 g/mol. The zero-order valence-corrected chi connectivity index (χ0v) is 16.0. The summed E-state index contributed by atoms with van der Waals surface area (Å²) < 4.78 is 39.0. The molecule has 1 aromatic carbocycles. The molecule has 0 atom stereocenters. The number of carbonyl (C=O) groups is 2. The van der Waals surface area contributed by atoms with E-state index in [1.807, 2.05) is 6.92 Å². The van der Waals surface area contributed by atoms with Gasteiger partial charge in [0.2, 0.25) is 0 Å². The normalized spacial score (nSPS) is 21.6. The van der Waals surface area contributed by atoms with Gasteiger partial charge in [0, 0.05) is 6.54 Å². The molecular formula is C19H20F3NO4S. The summed E-state index contributed by atoms with van der Waals surface area (Å²) in [5.74, 6) is -2.78. The number of hydrogen-bond acceptors (Lipinski definition) is 5. The van der Waals surface area contributed by atoms with Crippen LogP contribution in [0.2, 0.25) is 0 Å². The number of rotatable bonds is 3. The van der Waals surface area contributed by atoms with Gasteiger partial charge < -0.3 is 10.2 Å². The van der Waals surface area contributed by atoms with E-state index < -0.39 is 34.4 Å². The Labute approximate surface area is 164 Å². The molecule has 0 aromatic heterocycles. The van der Waals surface area contributed by atoms with Gasteiger partial charge in [-0.1, -0.05) is 26.2 Å². The molecule has 1 saturated carbocycles. The third kappa shape index (κ3) is 4.14. The fourth-order valence-electron chi connectivity index (χ4n) is 3.67. The number of imide groups is 1. The molecule has 2 N–H and O–H groups in total. The molecule has 0 spiro atoms. The van der Waals surface area contributed by atoms with Gasteiger partial charge >= 0.3 is 6.18 Å². The molecule has 1 heterocycles. The van der Waals surface area contributed by atoms with Crippen LogP contribution in [0.15, 0.2) is 17.0 Å². The van der Waals surface area contributed by atoms with E-state index in [2.05, 4.69) is 0 Å². The zero-order valence-electron chi connectivity index (χ0n) is 15.2. The summed E-state index contributed by atoms with van der Waals surface area (Å²) in [6.07, 6.45) is 1.28. The number of thioether (sulfide) groups is 1. The summed E-state index contributed by atoms with van der Waals surface area (Å²) in [5.41, 5.74) is -1.69. The number of benzene rings is 1. The van der Waals surface area contributed by atoms with Crippen molar-refractivity contribution in [3.05, 3.63) is 28.2 Å². The van der Waals surface area contributed by atoms with Crippen LogP contribution in [0.25, 0.3) is 6.08 Å². The minimum Gasteiger partial charge on any atom is -0.504 e. The zero-order chi connectivity index (χ0) is 20.7. The molecule has 1 aromatic rings. The molecule has 2 fully saturated rings. The lowest BCUT2D eigenvalue weighted by molar-refractivity contribution is -0.139. The van der Waals surface area contributed by atoms with Gasteiger partial charge in [-0.15, -0.1) is 0 Å². The van der Waals surface area contributed by atoms with Crippen LogP contribution in [0.5, 0.6) is 11.5 Å². The first-order valence-electron chi connectivity index (χ1n) is 8.89. The van der Waals surface area contributed by atoms with Crippen molar-refractivity contribution in [1.29, 1.82) is 0 Å². The summed E-state index contributed by atoms with van der Waals surface area (Å²) in [6, 6.07) is 1.55. The largest absolute Gasteiger partial charge is 0.504 e. The second-order valence-electron chi connectivity index (χ2n) is 7.57. The first kappa shape index (κ1) is 20.6. The van der Waals surface area contributed by atoms with E-state index >= 15 is 0 Å². The molecule has 0 unspecified atom stereocenters. The van der Waals surface area contributed by atoms with Gasteiger partial charge in [-0.25, -0.2) is 0 Å². The predicted molar refractivity (Wildman–Crippen MR) is 98.6 cm³/mol. The molecule has 0 bridgehead atoms. The molecule has 2 aliphatic rings. The average molecular weight is 415 g/mol. The number of carbonyl (C=O) groups excluding carboxylic acids is 2. The van der Waals surface area contributed by atoms with Gasteiger partial charge in [-0.3, -0.25) is 14.5 Å². The van der Waals surface area contributed by atoms with E-state index in [0.29, 0.717) is 17.8 Å². The van der Waals surface area contributed by atoms with Crippen LogP contribution in [0.4, 0.5) is 18.0 Å². The van der Waals surface area contributed by atoms with Gasteiger partial charge in [0.25, 0.3) is 11.1 Å².